The fourth-order valence-corrected chi connectivity index (χ4v) is 1.76. The summed E-state index contributed by atoms with van der Waals surface area (Å²) in [7, 11) is 0. The second kappa shape index (κ2) is 4.16. The zero-order valence-corrected chi connectivity index (χ0v) is 10.1. The Morgan fingerprint density at radius 1 is 1.47 bits per heavy atom. The minimum Gasteiger partial charge on any atom is -0.481 e. The van der Waals surface area contributed by atoms with Crippen molar-refractivity contribution in [3.05, 3.63) is 29.2 Å². The van der Waals surface area contributed by atoms with Crippen molar-refractivity contribution < 1.29 is 9.90 Å². The molecule has 0 aromatic carbocycles. The molecule has 0 radical (unpaired) electrons. The molecule has 0 bridgehead atoms. The average molecular weight is 233 g/mol. The van der Waals surface area contributed by atoms with Crippen LogP contribution in [0.2, 0.25) is 0 Å². The van der Waals surface area contributed by atoms with Crippen molar-refractivity contribution in [2.45, 2.75) is 33.1 Å². The smallest absolute Gasteiger partial charge is 0.309 e. The van der Waals surface area contributed by atoms with E-state index < -0.39 is 5.97 Å². The average Bonchev–Trinajstić information content (AvgIpc) is 2.54. The van der Waals surface area contributed by atoms with Crippen LogP contribution in [-0.4, -0.2) is 25.7 Å². The summed E-state index contributed by atoms with van der Waals surface area (Å²) in [6, 6.07) is 3.80. The van der Waals surface area contributed by atoms with E-state index >= 15 is 0 Å². The molecule has 90 valence electrons. The van der Waals surface area contributed by atoms with Gasteiger partial charge in [0.25, 0.3) is 0 Å². The summed E-state index contributed by atoms with van der Waals surface area (Å²) in [5, 5.41) is 13.3. The maximum absolute atomic E-state index is 10.8. The number of carboxylic acids is 1. The fraction of sp³-hybridized carbons (Fsp3) is 0.417. The minimum atomic E-state index is -0.869. The van der Waals surface area contributed by atoms with Gasteiger partial charge in [0.1, 0.15) is 0 Å². The number of fused-ring (bicyclic) bond motifs is 1. The molecule has 0 aliphatic heterocycles. The van der Waals surface area contributed by atoms with Crippen LogP contribution in [0, 0.1) is 6.92 Å². The van der Waals surface area contributed by atoms with E-state index in [1.165, 1.54) is 0 Å². The van der Waals surface area contributed by atoms with E-state index in [2.05, 4.69) is 23.9 Å². The van der Waals surface area contributed by atoms with E-state index in [1.54, 1.807) is 4.52 Å². The van der Waals surface area contributed by atoms with Gasteiger partial charge in [0.15, 0.2) is 5.65 Å². The molecule has 17 heavy (non-hydrogen) atoms. The lowest BCUT2D eigenvalue weighted by atomic mass is 10.1. The molecule has 0 aliphatic carbocycles. The lowest BCUT2D eigenvalue weighted by Crippen LogP contribution is -2.08. The van der Waals surface area contributed by atoms with Crippen LogP contribution in [-0.2, 0) is 11.2 Å². The summed E-state index contributed by atoms with van der Waals surface area (Å²) in [6.07, 6.45) is -0.0540. The second-order valence-corrected chi connectivity index (χ2v) is 4.40. The van der Waals surface area contributed by atoms with Gasteiger partial charge in [-0.2, -0.15) is 5.10 Å². The number of aliphatic carboxylic acids is 1. The number of hydrogen-bond acceptors (Lipinski definition) is 3. The largest absolute Gasteiger partial charge is 0.481 e. The van der Waals surface area contributed by atoms with E-state index in [4.69, 9.17) is 5.11 Å². The molecule has 5 nitrogen and oxygen atoms in total. The number of carboxylic acid groups (broad SMARTS) is 1. The topological polar surface area (TPSA) is 67.5 Å². The van der Waals surface area contributed by atoms with E-state index in [9.17, 15) is 4.79 Å². The maximum atomic E-state index is 10.8. The van der Waals surface area contributed by atoms with Crippen LogP contribution in [0.3, 0.4) is 0 Å². The van der Waals surface area contributed by atoms with Gasteiger partial charge in [-0.1, -0.05) is 13.8 Å². The Balaban J connectivity index is 2.60. The first-order valence-corrected chi connectivity index (χ1v) is 5.56. The number of imidazole rings is 1. The summed E-state index contributed by atoms with van der Waals surface area (Å²) in [6.45, 7) is 5.91. The number of carbonyl (C=O) groups is 1. The van der Waals surface area contributed by atoms with Crippen molar-refractivity contribution >= 4 is 11.6 Å². The Morgan fingerprint density at radius 2 is 2.18 bits per heavy atom. The predicted octanol–water partition coefficient (Wildman–Crippen LogP) is 1.79. The standard InChI is InChI=1S/C12H15N3O2/c1-7(2)9-4-5-11-13-8(3)10(6-12(16)17)15(11)14-9/h4-5,7H,6H2,1-3H3,(H,16,17). The normalized spacial score (nSPS) is 11.3. The molecule has 5 heteroatoms. The molecule has 2 aromatic heterocycles. The molecule has 2 aromatic rings. The Kier molecular flexibility index (Phi) is 2.83. The zero-order chi connectivity index (χ0) is 12.6. The molecule has 0 atom stereocenters. The highest BCUT2D eigenvalue weighted by Crippen LogP contribution is 2.15. The number of nitrogens with zero attached hydrogens (tertiary/aromatic N) is 3. The molecule has 1 N–H and O–H groups in total. The lowest BCUT2D eigenvalue weighted by molar-refractivity contribution is -0.136. The van der Waals surface area contributed by atoms with E-state index in [1.807, 2.05) is 19.1 Å². The number of aryl methyl sites for hydroxylation is 1. The van der Waals surface area contributed by atoms with E-state index in [0.29, 0.717) is 17.3 Å². The first-order valence-electron chi connectivity index (χ1n) is 5.56. The Hall–Kier alpha value is -1.91. The van der Waals surface area contributed by atoms with E-state index in [-0.39, 0.29) is 6.42 Å². The van der Waals surface area contributed by atoms with Crippen LogP contribution < -0.4 is 0 Å². The first kappa shape index (κ1) is 11.6. The SMILES string of the molecule is Cc1nc2ccc(C(C)C)nn2c1CC(=O)O. The van der Waals surface area contributed by atoms with Crippen molar-refractivity contribution in [1.82, 2.24) is 14.6 Å². The van der Waals surface area contributed by atoms with Gasteiger partial charge in [-0.25, -0.2) is 9.50 Å². The second-order valence-electron chi connectivity index (χ2n) is 4.40. The Bertz CT molecular complexity index is 572. The van der Waals surface area contributed by atoms with Crippen molar-refractivity contribution in [3.8, 4) is 0 Å². The Labute approximate surface area is 99.1 Å². The number of aromatic nitrogens is 3. The lowest BCUT2D eigenvalue weighted by Gasteiger charge is -2.05. The van der Waals surface area contributed by atoms with Crippen LogP contribution in [0.4, 0.5) is 0 Å². The molecular weight excluding hydrogens is 218 g/mol. The summed E-state index contributed by atoms with van der Waals surface area (Å²) < 4.78 is 1.64. The third-order valence-corrected chi connectivity index (χ3v) is 2.70. The third kappa shape index (κ3) is 2.13. The van der Waals surface area contributed by atoms with Gasteiger partial charge < -0.3 is 5.11 Å². The van der Waals surface area contributed by atoms with Crippen LogP contribution in [0.5, 0.6) is 0 Å². The van der Waals surface area contributed by atoms with Crippen LogP contribution in [0.15, 0.2) is 12.1 Å². The summed E-state index contributed by atoms with van der Waals surface area (Å²) in [5.74, 6) is -0.563. The number of rotatable bonds is 3. The Morgan fingerprint density at radius 3 is 2.76 bits per heavy atom. The molecule has 0 saturated carbocycles. The summed E-state index contributed by atoms with van der Waals surface area (Å²) >= 11 is 0. The first-order chi connectivity index (χ1) is 7.99. The molecule has 2 heterocycles. The van der Waals surface area contributed by atoms with Crippen LogP contribution >= 0.6 is 0 Å². The van der Waals surface area contributed by atoms with E-state index in [0.717, 1.165) is 11.4 Å². The molecule has 0 fully saturated rings. The fourth-order valence-electron chi connectivity index (χ4n) is 1.76. The van der Waals surface area contributed by atoms with Crippen molar-refractivity contribution in [2.75, 3.05) is 0 Å². The summed E-state index contributed by atoms with van der Waals surface area (Å²) in [4.78, 5) is 15.1. The van der Waals surface area contributed by atoms with Crippen molar-refractivity contribution in [2.24, 2.45) is 0 Å². The molecule has 0 saturated heterocycles. The van der Waals surface area contributed by atoms with Gasteiger partial charge in [0, 0.05) is 0 Å². The van der Waals surface area contributed by atoms with Gasteiger partial charge in [-0.05, 0) is 25.0 Å². The molecule has 2 rings (SSSR count). The minimum absolute atomic E-state index is 0.0540. The monoisotopic (exact) mass is 233 g/mol. The zero-order valence-electron chi connectivity index (χ0n) is 10.1. The maximum Gasteiger partial charge on any atom is 0.309 e. The molecular formula is C12H15N3O2. The highest BCUT2D eigenvalue weighted by Gasteiger charge is 2.14. The molecule has 0 unspecified atom stereocenters. The highest BCUT2D eigenvalue weighted by atomic mass is 16.4. The highest BCUT2D eigenvalue weighted by molar-refractivity contribution is 5.70. The van der Waals surface area contributed by atoms with Gasteiger partial charge in [0.05, 0.1) is 23.5 Å². The predicted molar refractivity (Wildman–Crippen MR) is 63.2 cm³/mol. The van der Waals surface area contributed by atoms with Crippen molar-refractivity contribution in [1.29, 1.82) is 0 Å². The number of hydrogen-bond donors (Lipinski definition) is 1. The van der Waals surface area contributed by atoms with Crippen LogP contribution in [0.25, 0.3) is 5.65 Å². The quantitative estimate of drug-likeness (QED) is 0.877. The van der Waals surface area contributed by atoms with Gasteiger partial charge in [-0.15, -0.1) is 0 Å². The van der Waals surface area contributed by atoms with Gasteiger partial charge in [0.2, 0.25) is 0 Å². The molecule has 0 amide bonds. The van der Waals surface area contributed by atoms with Gasteiger partial charge in [-0.3, -0.25) is 4.79 Å². The van der Waals surface area contributed by atoms with Gasteiger partial charge >= 0.3 is 5.97 Å². The molecule has 0 aliphatic rings. The summed E-state index contributed by atoms with van der Waals surface area (Å²) in [5.41, 5.74) is 3.00. The third-order valence-electron chi connectivity index (χ3n) is 2.70. The van der Waals surface area contributed by atoms with Crippen LogP contribution in [0.1, 0.15) is 36.8 Å². The molecule has 0 spiro atoms. The van der Waals surface area contributed by atoms with Crippen molar-refractivity contribution in [3.63, 3.8) is 0 Å².